The van der Waals surface area contributed by atoms with Crippen molar-refractivity contribution in [3.05, 3.63) is 35.5 Å². The normalized spacial score (nSPS) is 10.4. The number of aryl methyl sites for hydroxylation is 2. The molecule has 2 aromatic rings. The lowest BCUT2D eigenvalue weighted by Crippen LogP contribution is -2.04. The van der Waals surface area contributed by atoms with E-state index in [0.717, 1.165) is 22.7 Å². The van der Waals surface area contributed by atoms with Crippen LogP contribution in [-0.2, 0) is 6.54 Å². The molecule has 0 fully saturated rings. The predicted molar refractivity (Wildman–Crippen MR) is 62.0 cm³/mol. The molecule has 0 atom stereocenters. The molecule has 2 aromatic heterocycles. The van der Waals surface area contributed by atoms with Crippen LogP contribution in [0.5, 0.6) is 0 Å². The molecule has 0 radical (unpaired) electrons. The van der Waals surface area contributed by atoms with E-state index in [1.54, 1.807) is 12.4 Å². The molecule has 5 heteroatoms. The fraction of sp³-hybridized carbons (Fsp3) is 0.273. The minimum Gasteiger partial charge on any atom is -0.396 e. The summed E-state index contributed by atoms with van der Waals surface area (Å²) in [5, 5.41) is 7.12. The van der Waals surface area contributed by atoms with Crippen LogP contribution in [0.2, 0.25) is 0 Å². The van der Waals surface area contributed by atoms with Crippen molar-refractivity contribution in [2.24, 2.45) is 0 Å². The minimum absolute atomic E-state index is 0.634. The molecular weight excluding hydrogens is 204 g/mol. The summed E-state index contributed by atoms with van der Waals surface area (Å²) in [6.07, 6.45) is 3.32. The van der Waals surface area contributed by atoms with Crippen molar-refractivity contribution in [1.29, 1.82) is 0 Å². The number of pyridine rings is 1. The molecule has 0 unspecified atom stereocenters. The van der Waals surface area contributed by atoms with Crippen LogP contribution in [0.15, 0.2) is 23.0 Å². The Morgan fingerprint density at radius 2 is 2.25 bits per heavy atom. The molecule has 0 saturated heterocycles. The Morgan fingerprint density at radius 1 is 1.44 bits per heavy atom. The summed E-state index contributed by atoms with van der Waals surface area (Å²) in [4.78, 5) is 3.93. The maximum atomic E-state index is 5.77. The highest BCUT2D eigenvalue weighted by Gasteiger charge is 2.08. The molecule has 2 heterocycles. The first-order valence-electron chi connectivity index (χ1n) is 5.03. The predicted octanol–water partition coefficient (Wildman–Crippen LogP) is 1.88. The first-order valence-corrected chi connectivity index (χ1v) is 5.03. The third-order valence-corrected chi connectivity index (χ3v) is 2.49. The summed E-state index contributed by atoms with van der Waals surface area (Å²) in [6.45, 7) is 4.46. The van der Waals surface area contributed by atoms with E-state index in [-0.39, 0.29) is 0 Å². The molecule has 0 bridgehead atoms. The molecule has 0 aliphatic rings. The number of nitrogen functional groups attached to an aromatic ring is 1. The summed E-state index contributed by atoms with van der Waals surface area (Å²) in [5.41, 5.74) is 9.24. The van der Waals surface area contributed by atoms with Gasteiger partial charge in [0.2, 0.25) is 0 Å². The summed E-state index contributed by atoms with van der Waals surface area (Å²) in [5.74, 6) is 0.831. The number of nitrogens with two attached hydrogens (primary N) is 1. The average Bonchev–Trinajstić information content (AvgIpc) is 2.58. The van der Waals surface area contributed by atoms with Crippen molar-refractivity contribution in [3.8, 4) is 0 Å². The van der Waals surface area contributed by atoms with E-state index < -0.39 is 0 Å². The lowest BCUT2D eigenvalue weighted by atomic mass is 10.2. The van der Waals surface area contributed by atoms with Crippen molar-refractivity contribution in [2.75, 3.05) is 11.1 Å². The fourth-order valence-corrected chi connectivity index (χ4v) is 1.51. The Hall–Kier alpha value is -2.04. The van der Waals surface area contributed by atoms with E-state index in [1.165, 1.54) is 0 Å². The van der Waals surface area contributed by atoms with Gasteiger partial charge in [0.1, 0.15) is 5.76 Å². The van der Waals surface area contributed by atoms with Gasteiger partial charge in [0.15, 0.2) is 0 Å². The number of rotatable bonds is 3. The molecular formula is C11H14N4O. The highest BCUT2D eigenvalue weighted by atomic mass is 16.5. The zero-order valence-corrected chi connectivity index (χ0v) is 9.32. The first kappa shape index (κ1) is 10.5. The second-order valence-electron chi connectivity index (χ2n) is 3.62. The van der Waals surface area contributed by atoms with Gasteiger partial charge in [-0.2, -0.15) is 0 Å². The maximum Gasteiger partial charge on any atom is 0.138 e. The minimum atomic E-state index is 0.634. The molecule has 0 amide bonds. The van der Waals surface area contributed by atoms with E-state index in [1.807, 2.05) is 19.9 Å². The van der Waals surface area contributed by atoms with Crippen LogP contribution in [-0.4, -0.2) is 10.1 Å². The van der Waals surface area contributed by atoms with Crippen LogP contribution in [0.25, 0.3) is 0 Å². The summed E-state index contributed by atoms with van der Waals surface area (Å²) >= 11 is 0. The maximum absolute atomic E-state index is 5.77. The molecule has 2 rings (SSSR count). The van der Waals surface area contributed by atoms with E-state index >= 15 is 0 Å². The molecule has 0 aromatic carbocycles. The van der Waals surface area contributed by atoms with Gasteiger partial charge in [0.25, 0.3) is 0 Å². The molecule has 0 spiro atoms. The van der Waals surface area contributed by atoms with Crippen LogP contribution in [0, 0.1) is 13.8 Å². The zero-order valence-electron chi connectivity index (χ0n) is 9.32. The summed E-state index contributed by atoms with van der Waals surface area (Å²) in [7, 11) is 0. The quantitative estimate of drug-likeness (QED) is 0.822. The number of anilines is 2. The van der Waals surface area contributed by atoms with E-state index in [2.05, 4.69) is 15.5 Å². The lowest BCUT2D eigenvalue weighted by molar-refractivity contribution is 0.392. The number of nitrogens with one attached hydrogen (secondary N) is 1. The third-order valence-electron chi connectivity index (χ3n) is 2.49. The molecule has 3 N–H and O–H groups in total. The van der Waals surface area contributed by atoms with Gasteiger partial charge in [0.05, 0.1) is 23.3 Å². The van der Waals surface area contributed by atoms with Crippen molar-refractivity contribution in [1.82, 2.24) is 10.1 Å². The smallest absolute Gasteiger partial charge is 0.138 e. The summed E-state index contributed by atoms with van der Waals surface area (Å²) in [6, 6.07) is 1.84. The Kier molecular flexibility index (Phi) is 2.76. The van der Waals surface area contributed by atoms with Crippen LogP contribution in [0.1, 0.15) is 17.0 Å². The number of nitrogens with zero attached hydrogens (tertiary/aromatic N) is 2. The van der Waals surface area contributed by atoms with Crippen LogP contribution in [0.4, 0.5) is 11.4 Å². The van der Waals surface area contributed by atoms with Gasteiger partial charge in [-0.15, -0.1) is 0 Å². The topological polar surface area (TPSA) is 77.0 Å². The van der Waals surface area contributed by atoms with Gasteiger partial charge in [0, 0.05) is 18.3 Å². The standard InChI is InChI=1S/C11H14N4O/c1-7-9(8(2)16-15-7)5-14-11-3-4-13-6-10(11)12/h3-4,6H,5,12H2,1-2H3,(H,13,14). The van der Waals surface area contributed by atoms with Gasteiger partial charge in [-0.05, 0) is 19.9 Å². The summed E-state index contributed by atoms with van der Waals surface area (Å²) < 4.78 is 5.08. The van der Waals surface area contributed by atoms with E-state index in [9.17, 15) is 0 Å². The Labute approximate surface area is 93.7 Å². The number of hydrogen-bond acceptors (Lipinski definition) is 5. The zero-order chi connectivity index (χ0) is 11.5. The highest BCUT2D eigenvalue weighted by Crippen LogP contribution is 2.18. The van der Waals surface area contributed by atoms with Crippen LogP contribution in [0.3, 0.4) is 0 Å². The fourth-order valence-electron chi connectivity index (χ4n) is 1.51. The SMILES string of the molecule is Cc1noc(C)c1CNc1ccncc1N. The molecule has 84 valence electrons. The van der Waals surface area contributed by atoms with Crippen molar-refractivity contribution < 1.29 is 4.52 Å². The Morgan fingerprint density at radius 3 is 2.88 bits per heavy atom. The van der Waals surface area contributed by atoms with Gasteiger partial charge >= 0.3 is 0 Å². The van der Waals surface area contributed by atoms with E-state index in [0.29, 0.717) is 12.2 Å². The molecule has 0 aliphatic carbocycles. The third kappa shape index (κ3) is 1.98. The van der Waals surface area contributed by atoms with Gasteiger partial charge in [-0.25, -0.2) is 0 Å². The number of hydrogen-bond donors (Lipinski definition) is 2. The average molecular weight is 218 g/mol. The molecule has 16 heavy (non-hydrogen) atoms. The second kappa shape index (κ2) is 4.22. The molecule has 0 saturated carbocycles. The highest BCUT2D eigenvalue weighted by molar-refractivity contribution is 5.64. The molecule has 5 nitrogen and oxygen atoms in total. The Balaban J connectivity index is 2.11. The van der Waals surface area contributed by atoms with Crippen molar-refractivity contribution in [3.63, 3.8) is 0 Å². The lowest BCUT2D eigenvalue weighted by Gasteiger charge is -2.07. The van der Waals surface area contributed by atoms with E-state index in [4.69, 9.17) is 10.3 Å². The van der Waals surface area contributed by atoms with Gasteiger partial charge in [-0.3, -0.25) is 4.98 Å². The first-order chi connectivity index (χ1) is 7.68. The molecule has 0 aliphatic heterocycles. The van der Waals surface area contributed by atoms with Gasteiger partial charge < -0.3 is 15.6 Å². The number of aromatic nitrogens is 2. The van der Waals surface area contributed by atoms with Crippen molar-refractivity contribution in [2.45, 2.75) is 20.4 Å². The van der Waals surface area contributed by atoms with Crippen LogP contribution >= 0.6 is 0 Å². The Bertz CT molecular complexity index is 473. The van der Waals surface area contributed by atoms with Crippen molar-refractivity contribution >= 4 is 11.4 Å². The van der Waals surface area contributed by atoms with Crippen LogP contribution < -0.4 is 11.1 Å². The van der Waals surface area contributed by atoms with Gasteiger partial charge in [-0.1, -0.05) is 5.16 Å². The largest absolute Gasteiger partial charge is 0.396 e. The monoisotopic (exact) mass is 218 g/mol. The second-order valence-corrected chi connectivity index (χ2v) is 3.62.